The van der Waals surface area contributed by atoms with Gasteiger partial charge in [0, 0.05) is 24.2 Å². The van der Waals surface area contributed by atoms with E-state index in [1.807, 2.05) is 25.2 Å². The fraction of sp³-hybridized carbons (Fsp3) is 0.400. The lowest BCUT2D eigenvalue weighted by molar-refractivity contribution is 0.288. The Labute approximate surface area is 135 Å². The molecule has 0 aliphatic carbocycles. The van der Waals surface area contributed by atoms with Gasteiger partial charge in [0.2, 0.25) is 0 Å². The zero-order chi connectivity index (χ0) is 15.2. The second kappa shape index (κ2) is 7.69. The molecule has 0 saturated carbocycles. The molecule has 2 rings (SSSR count). The van der Waals surface area contributed by atoms with Gasteiger partial charge in [-0.05, 0) is 31.2 Å². The summed E-state index contributed by atoms with van der Waals surface area (Å²) in [5.74, 6) is 1.59. The van der Waals surface area contributed by atoms with Crippen LogP contribution in [0.2, 0.25) is 10.2 Å². The zero-order valence-corrected chi connectivity index (χ0v) is 13.7. The average Bonchev–Trinajstić information content (AvgIpc) is 2.78. The first-order chi connectivity index (χ1) is 10.1. The van der Waals surface area contributed by atoms with Gasteiger partial charge in [-0.15, -0.1) is 0 Å². The molecule has 2 aromatic rings. The van der Waals surface area contributed by atoms with Crippen LogP contribution >= 0.6 is 23.2 Å². The van der Waals surface area contributed by atoms with E-state index in [2.05, 4.69) is 17.2 Å². The van der Waals surface area contributed by atoms with Gasteiger partial charge in [0.1, 0.15) is 23.3 Å². The van der Waals surface area contributed by atoms with E-state index in [9.17, 15) is 0 Å². The lowest BCUT2D eigenvalue weighted by Gasteiger charge is -2.12. The molecule has 0 atom stereocenters. The third-order valence-corrected chi connectivity index (χ3v) is 3.74. The van der Waals surface area contributed by atoms with Crippen molar-refractivity contribution in [2.45, 2.75) is 26.5 Å². The highest BCUT2D eigenvalue weighted by atomic mass is 35.5. The maximum Gasteiger partial charge on any atom is 0.147 e. The van der Waals surface area contributed by atoms with E-state index in [0.29, 0.717) is 16.8 Å². The fourth-order valence-electron chi connectivity index (χ4n) is 1.93. The number of nitrogens with zero attached hydrogens (tertiary/aromatic N) is 2. The summed E-state index contributed by atoms with van der Waals surface area (Å²) in [5, 5.41) is 4.65. The molecule has 0 fully saturated rings. The molecule has 21 heavy (non-hydrogen) atoms. The predicted molar refractivity (Wildman–Crippen MR) is 86.0 cm³/mol. The number of rotatable bonds is 7. The van der Waals surface area contributed by atoms with Gasteiger partial charge in [0.15, 0.2) is 0 Å². The molecule has 0 aliphatic rings. The molecule has 0 unspecified atom stereocenters. The van der Waals surface area contributed by atoms with Gasteiger partial charge in [-0.3, -0.25) is 0 Å². The van der Waals surface area contributed by atoms with Crippen molar-refractivity contribution < 1.29 is 4.74 Å². The van der Waals surface area contributed by atoms with Gasteiger partial charge in [-0.2, -0.15) is 0 Å². The van der Waals surface area contributed by atoms with E-state index in [-0.39, 0.29) is 0 Å². The van der Waals surface area contributed by atoms with Crippen molar-refractivity contribution in [2.75, 3.05) is 6.54 Å². The maximum atomic E-state index is 6.06. The molecular weight excluding hydrogens is 309 g/mol. The Morgan fingerprint density at radius 1 is 1.33 bits per heavy atom. The fourth-order valence-corrected chi connectivity index (χ4v) is 2.27. The SMILES string of the molecule is CCCNCc1cc(Cl)ccc1OCc1ncc(Cl)n1C. The summed E-state index contributed by atoms with van der Waals surface area (Å²) in [6.07, 6.45) is 2.70. The van der Waals surface area contributed by atoms with Crippen LogP contribution in [0.4, 0.5) is 0 Å². The summed E-state index contributed by atoms with van der Waals surface area (Å²) >= 11 is 12.0. The van der Waals surface area contributed by atoms with E-state index >= 15 is 0 Å². The predicted octanol–water partition coefficient (Wildman–Crippen LogP) is 3.81. The molecule has 0 radical (unpaired) electrons. The number of halogens is 2. The highest BCUT2D eigenvalue weighted by Crippen LogP contribution is 2.24. The van der Waals surface area contributed by atoms with Crippen LogP contribution in [0, 0.1) is 0 Å². The van der Waals surface area contributed by atoms with E-state index in [4.69, 9.17) is 27.9 Å². The third-order valence-electron chi connectivity index (χ3n) is 3.15. The number of ether oxygens (including phenoxy) is 1. The molecule has 0 saturated heterocycles. The number of nitrogens with one attached hydrogen (secondary N) is 1. The molecule has 0 bridgehead atoms. The van der Waals surface area contributed by atoms with Gasteiger partial charge in [-0.1, -0.05) is 30.1 Å². The lowest BCUT2D eigenvalue weighted by atomic mass is 10.2. The Morgan fingerprint density at radius 3 is 2.81 bits per heavy atom. The molecule has 4 nitrogen and oxygen atoms in total. The van der Waals surface area contributed by atoms with Crippen molar-refractivity contribution in [1.82, 2.24) is 14.9 Å². The Kier molecular flexibility index (Phi) is 5.91. The first-order valence-corrected chi connectivity index (χ1v) is 7.65. The minimum atomic E-state index is 0.367. The van der Waals surface area contributed by atoms with E-state index in [1.54, 1.807) is 10.8 Å². The topological polar surface area (TPSA) is 39.1 Å². The summed E-state index contributed by atoms with van der Waals surface area (Å²) in [7, 11) is 1.86. The van der Waals surface area contributed by atoms with Gasteiger partial charge in [-0.25, -0.2) is 4.98 Å². The normalized spacial score (nSPS) is 10.9. The molecule has 1 N–H and O–H groups in total. The minimum absolute atomic E-state index is 0.367. The molecule has 1 aromatic heterocycles. The summed E-state index contributed by atoms with van der Waals surface area (Å²) < 4.78 is 7.66. The number of hydrogen-bond acceptors (Lipinski definition) is 3. The second-order valence-electron chi connectivity index (χ2n) is 4.77. The monoisotopic (exact) mass is 327 g/mol. The van der Waals surface area contributed by atoms with Gasteiger partial charge in [0.05, 0.1) is 6.20 Å². The average molecular weight is 328 g/mol. The van der Waals surface area contributed by atoms with Crippen LogP contribution in [0.5, 0.6) is 5.75 Å². The molecular formula is C15H19Cl2N3O. The van der Waals surface area contributed by atoms with Crippen LogP contribution in [0.25, 0.3) is 0 Å². The number of aromatic nitrogens is 2. The van der Waals surface area contributed by atoms with E-state index < -0.39 is 0 Å². The number of imidazole rings is 1. The van der Waals surface area contributed by atoms with Crippen LogP contribution in [0.3, 0.4) is 0 Å². The Balaban J connectivity index is 2.06. The molecule has 0 amide bonds. The molecule has 1 aromatic carbocycles. The van der Waals surface area contributed by atoms with Crippen LogP contribution in [0.15, 0.2) is 24.4 Å². The van der Waals surface area contributed by atoms with Crippen LogP contribution in [0.1, 0.15) is 24.7 Å². The Bertz CT molecular complexity index is 599. The van der Waals surface area contributed by atoms with Crippen molar-refractivity contribution >= 4 is 23.2 Å². The van der Waals surface area contributed by atoms with E-state index in [0.717, 1.165) is 36.6 Å². The standard InChI is InChI=1S/C15H19Cl2N3O/c1-3-6-18-8-11-7-12(16)4-5-13(11)21-10-15-19-9-14(17)20(15)2/h4-5,7,9,18H,3,6,8,10H2,1-2H3. The summed E-state index contributed by atoms with van der Waals surface area (Å²) in [4.78, 5) is 4.22. The van der Waals surface area contributed by atoms with Crippen LogP contribution in [-0.2, 0) is 20.2 Å². The minimum Gasteiger partial charge on any atom is -0.485 e. The van der Waals surface area contributed by atoms with Crippen LogP contribution in [-0.4, -0.2) is 16.1 Å². The summed E-state index contributed by atoms with van der Waals surface area (Å²) in [6.45, 7) is 4.19. The third kappa shape index (κ3) is 4.37. The molecule has 6 heteroatoms. The highest BCUT2D eigenvalue weighted by molar-refractivity contribution is 6.30. The smallest absolute Gasteiger partial charge is 0.147 e. The first-order valence-electron chi connectivity index (χ1n) is 6.90. The van der Waals surface area contributed by atoms with Crippen molar-refractivity contribution in [2.24, 2.45) is 7.05 Å². The van der Waals surface area contributed by atoms with Gasteiger partial charge >= 0.3 is 0 Å². The first kappa shape index (κ1) is 16.1. The van der Waals surface area contributed by atoms with Crippen LogP contribution < -0.4 is 10.1 Å². The molecule has 114 valence electrons. The van der Waals surface area contributed by atoms with Gasteiger partial charge < -0.3 is 14.6 Å². The second-order valence-corrected chi connectivity index (χ2v) is 5.60. The Hall–Kier alpha value is -1.23. The van der Waals surface area contributed by atoms with E-state index in [1.165, 1.54) is 0 Å². The largest absolute Gasteiger partial charge is 0.485 e. The summed E-state index contributed by atoms with van der Waals surface area (Å²) in [5.41, 5.74) is 1.04. The quantitative estimate of drug-likeness (QED) is 0.786. The molecule has 0 aliphatic heterocycles. The van der Waals surface area contributed by atoms with Crippen molar-refractivity contribution in [1.29, 1.82) is 0 Å². The summed E-state index contributed by atoms with van der Waals surface area (Å²) in [6, 6.07) is 5.63. The maximum absolute atomic E-state index is 6.06. The lowest BCUT2D eigenvalue weighted by Crippen LogP contribution is -2.15. The zero-order valence-electron chi connectivity index (χ0n) is 12.2. The van der Waals surface area contributed by atoms with Crippen molar-refractivity contribution in [3.63, 3.8) is 0 Å². The van der Waals surface area contributed by atoms with Crippen molar-refractivity contribution in [3.8, 4) is 5.75 Å². The van der Waals surface area contributed by atoms with Gasteiger partial charge in [0.25, 0.3) is 0 Å². The molecule has 1 heterocycles. The number of benzene rings is 1. The Morgan fingerprint density at radius 2 is 2.14 bits per heavy atom. The number of hydrogen-bond donors (Lipinski definition) is 1. The highest BCUT2D eigenvalue weighted by Gasteiger charge is 2.08. The molecule has 0 spiro atoms. The van der Waals surface area contributed by atoms with Crippen molar-refractivity contribution in [3.05, 3.63) is 46.0 Å².